The third kappa shape index (κ3) is 15.7. The van der Waals surface area contributed by atoms with Gasteiger partial charge in [0.15, 0.2) is 0 Å². The summed E-state index contributed by atoms with van der Waals surface area (Å²) in [7, 11) is -10.5. The van der Waals surface area contributed by atoms with Crippen LogP contribution in [0.2, 0.25) is 18.1 Å². The summed E-state index contributed by atoms with van der Waals surface area (Å²) in [5, 5.41) is 0.227. The van der Waals surface area contributed by atoms with Crippen molar-refractivity contribution in [1.82, 2.24) is 0 Å². The summed E-state index contributed by atoms with van der Waals surface area (Å²) in [6.07, 6.45) is 10.5. The topological polar surface area (TPSA) is 86.6 Å². The first-order chi connectivity index (χ1) is 33.4. The van der Waals surface area contributed by atoms with Gasteiger partial charge in [0.25, 0.3) is 0 Å². The lowest BCUT2D eigenvalue weighted by Crippen LogP contribution is -2.43. The van der Waals surface area contributed by atoms with Gasteiger partial charge in [-0.2, -0.15) is 8.42 Å². The fourth-order valence-corrected chi connectivity index (χ4v) is 8.84. The van der Waals surface area contributed by atoms with Crippen LogP contribution in [-0.4, -0.2) is 16.7 Å². The van der Waals surface area contributed by atoms with E-state index < -0.39 is 29.1 Å². The van der Waals surface area contributed by atoms with E-state index in [2.05, 4.69) is 103 Å². The molecule has 0 heterocycles. The van der Waals surface area contributed by atoms with E-state index in [9.17, 15) is 16.2 Å². The molecule has 354 valence electrons. The summed E-state index contributed by atoms with van der Waals surface area (Å²) < 4.78 is 72.8. The molecule has 0 saturated carbocycles. The summed E-state index contributed by atoms with van der Waals surface area (Å²) >= 11 is 0. The number of nitrogens with zero attached hydrogens (tertiary/aromatic N) is 2. The second-order valence-electron chi connectivity index (χ2n) is 17.1. The van der Waals surface area contributed by atoms with Crippen LogP contribution in [0.5, 0.6) is 17.2 Å². The van der Waals surface area contributed by atoms with Crippen LogP contribution in [0.1, 0.15) is 31.9 Å². The van der Waals surface area contributed by atoms with Gasteiger partial charge in [0.05, 0.1) is 11.4 Å². The highest BCUT2D eigenvalue weighted by molar-refractivity contribution is 7.85. The molecule has 70 heavy (non-hydrogen) atoms. The molecule has 0 bridgehead atoms. The van der Waals surface area contributed by atoms with Crippen LogP contribution in [0.4, 0.5) is 19.1 Å². The van der Waals surface area contributed by atoms with Gasteiger partial charge in [0.2, 0.25) is 8.32 Å². The van der Waals surface area contributed by atoms with Gasteiger partial charge < -0.3 is 12.8 Å². The highest BCUT2D eigenvalue weighted by atomic mass is 32.3. The van der Waals surface area contributed by atoms with Gasteiger partial charge in [-0.3, -0.25) is 0 Å². The van der Waals surface area contributed by atoms with E-state index in [-0.39, 0.29) is 10.7 Å². The van der Waals surface area contributed by atoms with Crippen LogP contribution in [0.3, 0.4) is 0 Å². The first-order valence-electron chi connectivity index (χ1n) is 22.0. The smallest absolute Gasteiger partial charge is 0.393 e. The molecule has 0 fully saturated rings. The van der Waals surface area contributed by atoms with Crippen LogP contribution in [0.25, 0.3) is 33.4 Å². The molecule has 8 aromatic rings. The minimum absolute atomic E-state index is 0.0472. The van der Waals surface area contributed by atoms with Crippen LogP contribution in [0, 0.1) is 24.7 Å². The Morgan fingerprint density at radius 1 is 0.443 bits per heavy atom. The zero-order chi connectivity index (χ0) is 50.2. The number of hydrogen-bond acceptors (Lipinski definition) is 7. The lowest BCUT2D eigenvalue weighted by atomic mass is 10.1. The van der Waals surface area contributed by atoms with E-state index >= 15 is 0 Å². The first kappa shape index (κ1) is 51.6. The fourth-order valence-electron chi connectivity index (χ4n) is 6.25. The maximum Gasteiger partial charge on any atom is 0.393 e. The zero-order valence-corrected chi connectivity index (χ0v) is 42.0. The third-order valence-electron chi connectivity index (χ3n) is 11.0. The highest BCUT2D eigenvalue weighted by Crippen LogP contribution is 2.38. The molecule has 0 radical (unpaired) electrons. The van der Waals surface area contributed by atoms with Crippen molar-refractivity contribution in [2.75, 3.05) is 0 Å². The molecular formula is C58H52F2N2O5S2Si. The fraction of sp³-hybridized carbons (Fsp3) is 0.103. The molecule has 0 aromatic heterocycles. The van der Waals surface area contributed by atoms with Crippen molar-refractivity contribution in [3.8, 4) is 75.3 Å². The van der Waals surface area contributed by atoms with E-state index in [1.54, 1.807) is 48.5 Å². The van der Waals surface area contributed by atoms with Gasteiger partial charge in [-0.15, -0.1) is 21.6 Å². The van der Waals surface area contributed by atoms with Crippen molar-refractivity contribution < 1.29 is 29.0 Å². The maximum absolute atomic E-state index is 13.9. The van der Waals surface area contributed by atoms with E-state index in [1.807, 2.05) is 91.0 Å². The Bertz CT molecular complexity index is 3190. The van der Waals surface area contributed by atoms with Crippen molar-refractivity contribution in [3.63, 3.8) is 0 Å². The maximum atomic E-state index is 13.9. The Morgan fingerprint density at radius 2 is 0.743 bits per heavy atom. The van der Waals surface area contributed by atoms with Crippen molar-refractivity contribution in [1.29, 1.82) is 0 Å². The number of rotatable bonds is 11. The second-order valence-corrected chi connectivity index (χ2v) is 24.2. The van der Waals surface area contributed by atoms with Crippen LogP contribution < -0.4 is 12.8 Å². The molecule has 8 rings (SSSR count). The van der Waals surface area contributed by atoms with Crippen molar-refractivity contribution in [2.45, 2.75) is 38.9 Å². The predicted molar refractivity (Wildman–Crippen MR) is 286 cm³/mol. The molecule has 0 aliphatic rings. The monoisotopic (exact) mass is 986 g/mol. The van der Waals surface area contributed by atoms with Crippen molar-refractivity contribution in [3.05, 3.63) is 223 Å². The summed E-state index contributed by atoms with van der Waals surface area (Å²) in [6.45, 7) is 11.3. The SMILES string of the molecule is C#Cc1ccc(N=S(=O)(F)F)cc1.C#Cc1ccc(N=S(=O)(Oc2ccc(-c3ccccc3)cc2)Oc2ccc(-c3ccccc3)cc2)cc1.CC(C)(C)[Si](C)(C)Oc1ccc(-c2ccccc2)cc1. The molecule has 0 saturated heterocycles. The Kier molecular flexibility index (Phi) is 17.3. The van der Waals surface area contributed by atoms with Gasteiger partial charge >= 0.3 is 20.8 Å². The second kappa shape index (κ2) is 23.5. The normalized spacial score (nSPS) is 11.2. The van der Waals surface area contributed by atoms with E-state index in [1.165, 1.54) is 35.4 Å². The van der Waals surface area contributed by atoms with Gasteiger partial charge in [0.1, 0.15) is 17.2 Å². The zero-order valence-electron chi connectivity index (χ0n) is 39.4. The lowest BCUT2D eigenvalue weighted by molar-refractivity contribution is 0.448. The first-order valence-corrected chi connectivity index (χ1v) is 27.6. The Balaban J connectivity index is 0.000000203. The Labute approximate surface area is 413 Å². The molecule has 7 nitrogen and oxygen atoms in total. The summed E-state index contributed by atoms with van der Waals surface area (Å²) in [6, 6.07) is 65.7. The van der Waals surface area contributed by atoms with Gasteiger partial charge in [-0.25, -0.2) is 0 Å². The molecule has 0 atom stereocenters. The van der Waals surface area contributed by atoms with Gasteiger partial charge in [-0.1, -0.05) is 168 Å². The molecule has 8 aromatic carbocycles. The number of hydrogen-bond donors (Lipinski definition) is 0. The minimum atomic E-state index is -5.07. The minimum Gasteiger partial charge on any atom is -0.544 e. The Morgan fingerprint density at radius 3 is 1.04 bits per heavy atom. The third-order valence-corrected chi connectivity index (χ3v) is 17.0. The molecule has 0 unspecified atom stereocenters. The van der Waals surface area contributed by atoms with E-state index in [4.69, 9.17) is 25.6 Å². The summed E-state index contributed by atoms with van der Waals surface area (Å²) in [5.74, 6) is 6.60. The van der Waals surface area contributed by atoms with Crippen LogP contribution in [-0.2, 0) is 20.8 Å². The molecule has 0 aliphatic heterocycles. The van der Waals surface area contributed by atoms with Crippen molar-refractivity contribution >= 4 is 40.5 Å². The molecule has 0 aliphatic carbocycles. The largest absolute Gasteiger partial charge is 0.544 e. The predicted octanol–water partition coefficient (Wildman–Crippen LogP) is 16.4. The summed E-state index contributed by atoms with van der Waals surface area (Å²) in [5.41, 5.74) is 8.27. The summed E-state index contributed by atoms with van der Waals surface area (Å²) in [4.78, 5) is 0. The molecule has 0 amide bonds. The van der Waals surface area contributed by atoms with Gasteiger partial charge in [-0.05, 0) is 136 Å². The number of benzene rings is 8. The van der Waals surface area contributed by atoms with Crippen molar-refractivity contribution in [2.24, 2.45) is 8.73 Å². The lowest BCUT2D eigenvalue weighted by Gasteiger charge is -2.36. The number of halogens is 2. The molecule has 0 spiro atoms. The van der Waals surface area contributed by atoms with Crippen LogP contribution in [0.15, 0.2) is 221 Å². The van der Waals surface area contributed by atoms with E-state index in [0.717, 1.165) is 28.0 Å². The molecule has 0 N–H and O–H groups in total. The standard InChI is InChI=1S/C32H23NO3S.C18H24OSi.C8H5F2NOS/c1-2-25-13-19-30(20-14-25)33-37(34,35-31-21-15-28(16-22-31)26-9-5-3-6-10-26)36-32-23-17-29(18-24-32)27-11-7-4-8-12-27;1-18(2,3)20(4,5)19-17-13-11-16(12-14-17)15-9-7-6-8-10-15;1-2-7-3-5-8(6-4-7)11-13(9,10)12/h1,3-24H;6-14H,1-5H3;1,3-6H. The quantitative estimate of drug-likeness (QED) is 0.0732. The Hall–Kier alpha value is -7.74. The average molecular weight is 987 g/mol. The van der Waals surface area contributed by atoms with E-state index in [0.29, 0.717) is 28.3 Å². The average Bonchev–Trinajstić information content (AvgIpc) is 3.35. The highest BCUT2D eigenvalue weighted by Gasteiger charge is 2.39. The van der Waals surface area contributed by atoms with Gasteiger partial charge in [0, 0.05) is 11.1 Å². The molecule has 12 heteroatoms. The molecular weight excluding hydrogens is 935 g/mol. The number of terminal acetylenes is 2. The van der Waals surface area contributed by atoms with Crippen LogP contribution >= 0.6 is 0 Å².